The van der Waals surface area contributed by atoms with E-state index in [2.05, 4.69) is 65.6 Å². The Kier molecular flexibility index (Phi) is 7.50. The van der Waals surface area contributed by atoms with Crippen LogP contribution in [0.2, 0.25) is 0 Å². The number of unbranched alkanes of at least 4 members (excludes halogenated alkanes) is 1. The van der Waals surface area contributed by atoms with Crippen molar-refractivity contribution < 1.29 is 4.39 Å². The molecule has 172 valence electrons. The smallest absolute Gasteiger partial charge is 0.123 e. The van der Waals surface area contributed by atoms with E-state index in [0.717, 1.165) is 60.6 Å². The van der Waals surface area contributed by atoms with Crippen molar-refractivity contribution in [2.24, 2.45) is 4.99 Å². The average molecular weight is 445 g/mol. The third-order valence-corrected chi connectivity index (χ3v) is 6.33. The van der Waals surface area contributed by atoms with Crippen LogP contribution in [0.3, 0.4) is 0 Å². The van der Waals surface area contributed by atoms with Crippen molar-refractivity contribution >= 4 is 28.0 Å². The monoisotopic (exact) mass is 444 g/mol. The highest BCUT2D eigenvalue weighted by Crippen LogP contribution is 2.31. The Morgan fingerprint density at radius 1 is 1.00 bits per heavy atom. The first-order valence-corrected chi connectivity index (χ1v) is 12.0. The summed E-state index contributed by atoms with van der Waals surface area (Å²) >= 11 is 0. The molecule has 0 N–H and O–H groups in total. The molecule has 0 aliphatic heterocycles. The first-order chi connectivity index (χ1) is 16.1. The van der Waals surface area contributed by atoms with Crippen molar-refractivity contribution in [1.82, 2.24) is 14.5 Å². The van der Waals surface area contributed by atoms with Gasteiger partial charge in [0.25, 0.3) is 0 Å². The minimum atomic E-state index is -0.212. The van der Waals surface area contributed by atoms with Gasteiger partial charge in [-0.3, -0.25) is 4.99 Å². The number of fused-ring (bicyclic) bond motifs is 3. The Labute approximate surface area is 195 Å². The molecule has 0 saturated carbocycles. The predicted octanol–water partition coefficient (Wildman–Crippen LogP) is 6.23. The lowest BCUT2D eigenvalue weighted by Gasteiger charge is -2.16. The van der Waals surface area contributed by atoms with Gasteiger partial charge in [0.1, 0.15) is 5.82 Å². The second kappa shape index (κ2) is 10.7. The van der Waals surface area contributed by atoms with Gasteiger partial charge in [0.05, 0.1) is 16.9 Å². The van der Waals surface area contributed by atoms with Crippen LogP contribution in [0.5, 0.6) is 0 Å². The number of nitrogens with zero attached hydrogens (tertiary/aromatic N) is 4. The van der Waals surface area contributed by atoms with Gasteiger partial charge in [0, 0.05) is 35.6 Å². The summed E-state index contributed by atoms with van der Waals surface area (Å²) in [6.45, 7) is 11.3. The van der Waals surface area contributed by atoms with Crippen LogP contribution in [-0.2, 0) is 6.54 Å². The highest BCUT2D eigenvalue weighted by atomic mass is 19.1. The van der Waals surface area contributed by atoms with Crippen molar-refractivity contribution in [3.05, 3.63) is 77.4 Å². The molecule has 0 fully saturated rings. The van der Waals surface area contributed by atoms with Gasteiger partial charge in [0.2, 0.25) is 0 Å². The molecule has 0 aliphatic carbocycles. The summed E-state index contributed by atoms with van der Waals surface area (Å²) in [6.07, 6.45) is 4.17. The molecule has 0 spiro atoms. The minimum Gasteiger partial charge on any atom is -0.334 e. The van der Waals surface area contributed by atoms with Crippen LogP contribution < -0.4 is 0 Å². The number of pyridine rings is 1. The number of aryl methyl sites for hydroxylation is 1. The quantitative estimate of drug-likeness (QED) is 0.215. The molecule has 5 heteroatoms. The van der Waals surface area contributed by atoms with E-state index in [0.29, 0.717) is 6.54 Å². The van der Waals surface area contributed by atoms with Gasteiger partial charge in [-0.15, -0.1) is 0 Å². The third kappa shape index (κ3) is 5.31. The van der Waals surface area contributed by atoms with Crippen LogP contribution in [0.15, 0.2) is 59.6 Å². The molecule has 0 atom stereocenters. The molecular formula is C28H33FN4. The molecule has 0 aliphatic rings. The SMILES string of the molecule is CCN(CC)CCCCN=Cc1cc2c3ccccc3n(Cc3ccc(F)cc3)c2c(C)n1. The molecule has 0 radical (unpaired) electrons. The molecule has 0 amide bonds. The van der Waals surface area contributed by atoms with Gasteiger partial charge in [-0.1, -0.05) is 44.2 Å². The number of benzene rings is 2. The zero-order valence-electron chi connectivity index (χ0n) is 19.9. The Bertz CT molecular complexity index is 1240. The van der Waals surface area contributed by atoms with Crippen LogP contribution in [0, 0.1) is 12.7 Å². The fourth-order valence-electron chi connectivity index (χ4n) is 4.53. The lowest BCUT2D eigenvalue weighted by atomic mass is 10.1. The van der Waals surface area contributed by atoms with E-state index in [-0.39, 0.29) is 5.82 Å². The number of hydrogen-bond acceptors (Lipinski definition) is 3. The second-order valence-corrected chi connectivity index (χ2v) is 8.53. The Morgan fingerprint density at radius 3 is 2.52 bits per heavy atom. The van der Waals surface area contributed by atoms with Crippen molar-refractivity contribution in [2.45, 2.75) is 40.2 Å². The maximum absolute atomic E-state index is 13.4. The van der Waals surface area contributed by atoms with E-state index in [1.54, 1.807) is 0 Å². The molecule has 0 bridgehead atoms. The summed E-state index contributed by atoms with van der Waals surface area (Å²) in [5, 5.41) is 2.39. The number of rotatable bonds is 10. The van der Waals surface area contributed by atoms with E-state index >= 15 is 0 Å². The molecular weight excluding hydrogens is 411 g/mol. The largest absolute Gasteiger partial charge is 0.334 e. The van der Waals surface area contributed by atoms with Gasteiger partial charge < -0.3 is 9.47 Å². The number of halogens is 1. The number of hydrogen-bond donors (Lipinski definition) is 0. The van der Waals surface area contributed by atoms with Crippen LogP contribution in [0.4, 0.5) is 4.39 Å². The van der Waals surface area contributed by atoms with Gasteiger partial charge >= 0.3 is 0 Å². The highest BCUT2D eigenvalue weighted by molar-refractivity contribution is 6.09. The predicted molar refractivity (Wildman–Crippen MR) is 137 cm³/mol. The van der Waals surface area contributed by atoms with E-state index in [4.69, 9.17) is 4.98 Å². The van der Waals surface area contributed by atoms with Crippen molar-refractivity contribution in [3.8, 4) is 0 Å². The zero-order chi connectivity index (χ0) is 23.2. The summed E-state index contributed by atoms with van der Waals surface area (Å²) in [5.74, 6) is -0.212. The molecule has 4 nitrogen and oxygen atoms in total. The highest BCUT2D eigenvalue weighted by Gasteiger charge is 2.14. The standard InChI is InChI=1S/C28H33FN4/c1-4-32(5-2)17-9-8-16-30-19-24-18-26-25-10-6-7-11-27(25)33(28(26)21(3)31-24)20-22-12-14-23(29)15-13-22/h6-7,10-15,18-19H,4-5,8-9,16-17,20H2,1-3H3. The van der Waals surface area contributed by atoms with Crippen LogP contribution >= 0.6 is 0 Å². The number of para-hydroxylation sites is 1. The van der Waals surface area contributed by atoms with Gasteiger partial charge in [-0.2, -0.15) is 0 Å². The first kappa shape index (κ1) is 23.1. The van der Waals surface area contributed by atoms with E-state index in [1.165, 1.54) is 29.3 Å². The summed E-state index contributed by atoms with van der Waals surface area (Å²) in [7, 11) is 0. The van der Waals surface area contributed by atoms with E-state index in [9.17, 15) is 4.39 Å². The third-order valence-electron chi connectivity index (χ3n) is 6.33. The Morgan fingerprint density at radius 2 is 1.76 bits per heavy atom. The van der Waals surface area contributed by atoms with Gasteiger partial charge in [0.15, 0.2) is 0 Å². The lowest BCUT2D eigenvalue weighted by Crippen LogP contribution is -2.23. The molecule has 4 aromatic rings. The van der Waals surface area contributed by atoms with Gasteiger partial charge in [-0.05, 0) is 69.2 Å². The average Bonchev–Trinajstić information content (AvgIpc) is 3.14. The van der Waals surface area contributed by atoms with E-state index < -0.39 is 0 Å². The molecule has 2 heterocycles. The Hall–Kier alpha value is -3.05. The summed E-state index contributed by atoms with van der Waals surface area (Å²) in [6, 6.07) is 17.3. The Balaban J connectivity index is 1.58. The first-order valence-electron chi connectivity index (χ1n) is 12.0. The number of aromatic nitrogens is 2. The maximum atomic E-state index is 13.4. The molecule has 0 saturated heterocycles. The number of aliphatic imine (C=N–C) groups is 1. The fourth-order valence-corrected chi connectivity index (χ4v) is 4.53. The minimum absolute atomic E-state index is 0.212. The molecule has 2 aromatic carbocycles. The second-order valence-electron chi connectivity index (χ2n) is 8.53. The summed E-state index contributed by atoms with van der Waals surface area (Å²) < 4.78 is 15.7. The fraction of sp³-hybridized carbons (Fsp3) is 0.357. The van der Waals surface area contributed by atoms with Crippen LogP contribution in [0.25, 0.3) is 21.8 Å². The zero-order valence-corrected chi connectivity index (χ0v) is 19.9. The summed E-state index contributed by atoms with van der Waals surface area (Å²) in [5.41, 5.74) is 5.22. The lowest BCUT2D eigenvalue weighted by molar-refractivity contribution is 0.298. The molecule has 33 heavy (non-hydrogen) atoms. The van der Waals surface area contributed by atoms with Crippen molar-refractivity contribution in [1.29, 1.82) is 0 Å². The molecule has 0 unspecified atom stereocenters. The summed E-state index contributed by atoms with van der Waals surface area (Å²) in [4.78, 5) is 11.9. The normalized spacial score (nSPS) is 12.0. The topological polar surface area (TPSA) is 33.4 Å². The van der Waals surface area contributed by atoms with Crippen molar-refractivity contribution in [2.75, 3.05) is 26.2 Å². The maximum Gasteiger partial charge on any atom is 0.123 e. The molecule has 4 rings (SSSR count). The van der Waals surface area contributed by atoms with Crippen LogP contribution in [0.1, 0.15) is 43.6 Å². The van der Waals surface area contributed by atoms with Gasteiger partial charge in [-0.25, -0.2) is 9.37 Å². The van der Waals surface area contributed by atoms with E-state index in [1.807, 2.05) is 18.3 Å². The van der Waals surface area contributed by atoms with Crippen LogP contribution in [-0.4, -0.2) is 46.8 Å². The molecule has 2 aromatic heterocycles. The van der Waals surface area contributed by atoms with Crippen molar-refractivity contribution in [3.63, 3.8) is 0 Å².